The molecule has 0 aliphatic carbocycles. The molecule has 0 aromatic heterocycles. The molecule has 4 nitrogen and oxygen atoms in total. The fraction of sp³-hybridized carbons (Fsp3) is 0.550. The Morgan fingerprint density at radius 1 is 1.20 bits per heavy atom. The molecular weight excluding hydrogens is 334 g/mol. The third-order valence-corrected chi connectivity index (χ3v) is 5.41. The largest absolute Gasteiger partial charge is 0.339 e. The van der Waals surface area contributed by atoms with Crippen LogP contribution in [0.25, 0.3) is 0 Å². The van der Waals surface area contributed by atoms with Crippen LogP contribution in [0.2, 0.25) is 5.02 Å². The monoisotopic (exact) mass is 359 g/mol. The summed E-state index contributed by atoms with van der Waals surface area (Å²) in [5, 5.41) is 0.775. The molecule has 2 fully saturated rings. The number of carbonyl (C=O) groups excluding carboxylic acids is 1. The maximum absolute atomic E-state index is 12.9. The quantitative estimate of drug-likeness (QED) is 0.773. The van der Waals surface area contributed by atoms with Crippen molar-refractivity contribution in [3.63, 3.8) is 0 Å². The molecule has 1 atom stereocenters. The molecule has 1 aromatic carbocycles. The van der Waals surface area contributed by atoms with Gasteiger partial charge in [-0.25, -0.2) is 0 Å². The second kappa shape index (κ2) is 8.71. The summed E-state index contributed by atoms with van der Waals surface area (Å²) >= 11 is 6.06. The zero-order valence-electron chi connectivity index (χ0n) is 14.7. The van der Waals surface area contributed by atoms with Crippen LogP contribution in [0, 0.1) is 12.3 Å². The number of benzene rings is 1. The first kappa shape index (κ1) is 18.3. The SMILES string of the molecule is C#CCN1CCCCC1C(=O)N1CCN(Cc2cccc(Cl)c2)CC1. The van der Waals surface area contributed by atoms with Gasteiger partial charge in [0.25, 0.3) is 0 Å². The van der Waals surface area contributed by atoms with E-state index in [9.17, 15) is 4.79 Å². The molecule has 0 N–H and O–H groups in total. The second-order valence-electron chi connectivity index (χ2n) is 6.92. The summed E-state index contributed by atoms with van der Waals surface area (Å²) in [5.41, 5.74) is 1.22. The standard InChI is InChI=1S/C20H26ClN3O/c1-2-9-23-10-4-3-8-19(23)20(25)24-13-11-22(12-14-24)16-17-6-5-7-18(21)15-17/h1,5-7,15,19H,3-4,8-14,16H2. The van der Waals surface area contributed by atoms with E-state index in [-0.39, 0.29) is 11.9 Å². The lowest BCUT2D eigenvalue weighted by molar-refractivity contribution is -0.139. The molecule has 2 saturated heterocycles. The summed E-state index contributed by atoms with van der Waals surface area (Å²) in [7, 11) is 0. The maximum atomic E-state index is 12.9. The summed E-state index contributed by atoms with van der Waals surface area (Å²) in [6.07, 6.45) is 8.66. The van der Waals surface area contributed by atoms with Crippen molar-refractivity contribution in [3.05, 3.63) is 34.9 Å². The molecule has 2 heterocycles. The van der Waals surface area contributed by atoms with E-state index in [1.807, 2.05) is 23.1 Å². The molecule has 0 spiro atoms. The van der Waals surface area contributed by atoms with Crippen LogP contribution in [-0.4, -0.2) is 65.9 Å². The highest BCUT2D eigenvalue weighted by molar-refractivity contribution is 6.30. The number of piperidine rings is 1. The molecule has 134 valence electrons. The number of likely N-dealkylation sites (tertiary alicyclic amines) is 1. The fourth-order valence-electron chi connectivity index (χ4n) is 3.81. The van der Waals surface area contributed by atoms with E-state index in [0.717, 1.165) is 63.6 Å². The van der Waals surface area contributed by atoms with E-state index in [0.29, 0.717) is 6.54 Å². The molecule has 2 aliphatic heterocycles. The summed E-state index contributed by atoms with van der Waals surface area (Å²) in [6.45, 7) is 5.79. The average Bonchev–Trinajstić information content (AvgIpc) is 2.63. The van der Waals surface area contributed by atoms with Crippen molar-refractivity contribution in [1.29, 1.82) is 0 Å². The van der Waals surface area contributed by atoms with E-state index in [1.165, 1.54) is 5.56 Å². The third kappa shape index (κ3) is 4.76. The first-order chi connectivity index (χ1) is 12.2. The molecule has 0 bridgehead atoms. The van der Waals surface area contributed by atoms with Crippen LogP contribution in [0.1, 0.15) is 24.8 Å². The van der Waals surface area contributed by atoms with Crippen molar-refractivity contribution < 1.29 is 4.79 Å². The van der Waals surface area contributed by atoms with Gasteiger partial charge in [0.2, 0.25) is 5.91 Å². The maximum Gasteiger partial charge on any atom is 0.240 e. The number of amides is 1. The van der Waals surface area contributed by atoms with Crippen molar-refractivity contribution >= 4 is 17.5 Å². The van der Waals surface area contributed by atoms with Gasteiger partial charge in [-0.15, -0.1) is 6.42 Å². The fourth-order valence-corrected chi connectivity index (χ4v) is 4.02. The highest BCUT2D eigenvalue weighted by Gasteiger charge is 2.32. The molecule has 0 radical (unpaired) electrons. The van der Waals surface area contributed by atoms with E-state index >= 15 is 0 Å². The number of hydrogen-bond donors (Lipinski definition) is 0. The van der Waals surface area contributed by atoms with Gasteiger partial charge in [0.15, 0.2) is 0 Å². The Morgan fingerprint density at radius 3 is 2.72 bits per heavy atom. The van der Waals surface area contributed by atoms with Gasteiger partial charge in [0.05, 0.1) is 12.6 Å². The Morgan fingerprint density at radius 2 is 2.00 bits per heavy atom. The van der Waals surface area contributed by atoms with E-state index in [2.05, 4.69) is 21.8 Å². The Hall–Kier alpha value is -1.54. The van der Waals surface area contributed by atoms with Crippen LogP contribution in [0.15, 0.2) is 24.3 Å². The van der Waals surface area contributed by atoms with Crippen LogP contribution in [-0.2, 0) is 11.3 Å². The number of terminal acetylenes is 1. The molecule has 1 unspecified atom stereocenters. The number of rotatable bonds is 4. The van der Waals surface area contributed by atoms with Gasteiger partial charge in [-0.1, -0.05) is 36.1 Å². The topological polar surface area (TPSA) is 26.8 Å². The van der Waals surface area contributed by atoms with Gasteiger partial charge in [-0.3, -0.25) is 14.6 Å². The molecular formula is C20H26ClN3O. The minimum atomic E-state index is -0.0238. The third-order valence-electron chi connectivity index (χ3n) is 5.17. The Kier molecular flexibility index (Phi) is 6.36. The minimum absolute atomic E-state index is 0.0238. The highest BCUT2D eigenvalue weighted by atomic mass is 35.5. The molecule has 0 saturated carbocycles. The smallest absolute Gasteiger partial charge is 0.240 e. The van der Waals surface area contributed by atoms with Gasteiger partial charge in [0, 0.05) is 37.7 Å². The lowest BCUT2D eigenvalue weighted by atomic mass is 10.0. The molecule has 1 aromatic rings. The summed E-state index contributed by atoms with van der Waals surface area (Å²) < 4.78 is 0. The van der Waals surface area contributed by atoms with Crippen molar-refractivity contribution in [2.75, 3.05) is 39.3 Å². The van der Waals surface area contributed by atoms with Crippen molar-refractivity contribution in [3.8, 4) is 12.3 Å². The van der Waals surface area contributed by atoms with Gasteiger partial charge in [-0.05, 0) is 37.1 Å². The number of nitrogens with zero attached hydrogens (tertiary/aromatic N) is 3. The van der Waals surface area contributed by atoms with Gasteiger partial charge in [-0.2, -0.15) is 0 Å². The number of piperazine rings is 1. The number of carbonyl (C=O) groups is 1. The number of halogens is 1. The van der Waals surface area contributed by atoms with E-state index < -0.39 is 0 Å². The molecule has 25 heavy (non-hydrogen) atoms. The van der Waals surface area contributed by atoms with E-state index in [1.54, 1.807) is 0 Å². The molecule has 2 aliphatic rings. The second-order valence-corrected chi connectivity index (χ2v) is 7.35. The lowest BCUT2D eigenvalue weighted by Crippen LogP contribution is -2.55. The van der Waals surface area contributed by atoms with Crippen molar-refractivity contribution in [2.24, 2.45) is 0 Å². The first-order valence-electron chi connectivity index (χ1n) is 9.10. The first-order valence-corrected chi connectivity index (χ1v) is 9.48. The van der Waals surface area contributed by atoms with Gasteiger partial charge >= 0.3 is 0 Å². The van der Waals surface area contributed by atoms with Crippen LogP contribution >= 0.6 is 11.6 Å². The summed E-state index contributed by atoms with van der Waals surface area (Å²) in [6, 6.07) is 7.97. The summed E-state index contributed by atoms with van der Waals surface area (Å²) in [4.78, 5) is 19.5. The Labute approximate surface area is 155 Å². The zero-order valence-corrected chi connectivity index (χ0v) is 15.4. The Balaban J connectivity index is 1.53. The Bertz CT molecular complexity index is 634. The van der Waals surface area contributed by atoms with Crippen molar-refractivity contribution in [1.82, 2.24) is 14.7 Å². The molecule has 5 heteroatoms. The van der Waals surface area contributed by atoms with Crippen LogP contribution < -0.4 is 0 Å². The normalized spacial score (nSPS) is 22.6. The minimum Gasteiger partial charge on any atom is -0.339 e. The van der Waals surface area contributed by atoms with Gasteiger partial charge < -0.3 is 4.90 Å². The lowest BCUT2D eigenvalue weighted by Gasteiger charge is -2.40. The number of hydrogen-bond acceptors (Lipinski definition) is 3. The van der Waals surface area contributed by atoms with Gasteiger partial charge in [0.1, 0.15) is 0 Å². The summed E-state index contributed by atoms with van der Waals surface area (Å²) in [5.74, 6) is 2.96. The predicted octanol–water partition coefficient (Wildman–Crippen LogP) is 2.47. The molecule has 3 rings (SSSR count). The van der Waals surface area contributed by atoms with Crippen LogP contribution in [0.3, 0.4) is 0 Å². The van der Waals surface area contributed by atoms with Crippen LogP contribution in [0.5, 0.6) is 0 Å². The molecule has 1 amide bonds. The van der Waals surface area contributed by atoms with Crippen molar-refractivity contribution in [2.45, 2.75) is 31.8 Å². The highest BCUT2D eigenvalue weighted by Crippen LogP contribution is 2.20. The zero-order chi connectivity index (χ0) is 17.6. The average molecular weight is 360 g/mol. The van der Waals surface area contributed by atoms with E-state index in [4.69, 9.17) is 18.0 Å². The van der Waals surface area contributed by atoms with Crippen LogP contribution in [0.4, 0.5) is 0 Å². The predicted molar refractivity (Wildman–Crippen MR) is 101 cm³/mol.